The van der Waals surface area contributed by atoms with Gasteiger partial charge in [-0.15, -0.1) is 0 Å². The van der Waals surface area contributed by atoms with Gasteiger partial charge in [0.05, 0.1) is 13.2 Å². The van der Waals surface area contributed by atoms with Crippen molar-refractivity contribution in [1.29, 1.82) is 0 Å². The van der Waals surface area contributed by atoms with Gasteiger partial charge in [0.25, 0.3) is 0 Å². The molecule has 0 amide bonds. The Bertz CT molecular complexity index is 241. The maximum Gasteiger partial charge on any atom is 0.192 e. The molecule has 0 aliphatic carbocycles. The fraction of sp³-hybridized carbons (Fsp3) is 0.818. The van der Waals surface area contributed by atoms with E-state index in [0.717, 1.165) is 10.1 Å². The van der Waals surface area contributed by atoms with Gasteiger partial charge in [0.15, 0.2) is 8.32 Å². The zero-order valence-corrected chi connectivity index (χ0v) is 13.2. The summed E-state index contributed by atoms with van der Waals surface area (Å²) in [5.41, 5.74) is 1.07. The summed E-state index contributed by atoms with van der Waals surface area (Å²) >= 11 is 3.33. The van der Waals surface area contributed by atoms with Gasteiger partial charge in [-0.3, -0.25) is 0 Å². The van der Waals surface area contributed by atoms with Crippen molar-refractivity contribution in [2.45, 2.75) is 45.8 Å². The first-order valence-corrected chi connectivity index (χ1v) is 8.91. The average molecular weight is 295 g/mol. The van der Waals surface area contributed by atoms with E-state index in [-0.39, 0.29) is 11.6 Å². The van der Waals surface area contributed by atoms with Gasteiger partial charge in [0.2, 0.25) is 0 Å². The Labute approximate surface area is 103 Å². The summed E-state index contributed by atoms with van der Waals surface area (Å²) in [5.74, 6) is 0. The van der Waals surface area contributed by atoms with Crippen molar-refractivity contribution in [2.24, 2.45) is 0 Å². The van der Waals surface area contributed by atoms with Crippen LogP contribution in [0.3, 0.4) is 0 Å². The maximum atomic E-state index is 8.95. The molecule has 0 fully saturated rings. The highest BCUT2D eigenvalue weighted by atomic mass is 79.9. The molecule has 0 saturated carbocycles. The van der Waals surface area contributed by atoms with Crippen molar-refractivity contribution >= 4 is 24.2 Å². The highest BCUT2D eigenvalue weighted by Gasteiger charge is 2.37. The van der Waals surface area contributed by atoms with E-state index in [1.54, 1.807) is 0 Å². The Morgan fingerprint density at radius 2 is 1.80 bits per heavy atom. The highest BCUT2D eigenvalue weighted by molar-refractivity contribution is 9.11. The third-order valence-electron chi connectivity index (χ3n) is 3.06. The second-order valence-electron chi connectivity index (χ2n) is 5.39. The van der Waals surface area contributed by atoms with Gasteiger partial charge in [-0.05, 0) is 30.6 Å². The Balaban J connectivity index is 4.41. The van der Waals surface area contributed by atoms with Crippen LogP contribution in [0.25, 0.3) is 0 Å². The van der Waals surface area contributed by atoms with E-state index in [0.29, 0.717) is 6.61 Å². The summed E-state index contributed by atoms with van der Waals surface area (Å²) in [7, 11) is -1.66. The van der Waals surface area contributed by atoms with E-state index in [4.69, 9.17) is 9.53 Å². The molecule has 0 bridgehead atoms. The molecule has 0 rings (SSSR count). The van der Waals surface area contributed by atoms with Crippen molar-refractivity contribution in [1.82, 2.24) is 0 Å². The quantitative estimate of drug-likeness (QED) is 0.802. The van der Waals surface area contributed by atoms with Crippen LogP contribution < -0.4 is 0 Å². The van der Waals surface area contributed by atoms with Crippen LogP contribution in [-0.4, -0.2) is 26.6 Å². The van der Waals surface area contributed by atoms with E-state index >= 15 is 0 Å². The third kappa shape index (κ3) is 4.81. The van der Waals surface area contributed by atoms with Crippen molar-refractivity contribution in [3.63, 3.8) is 0 Å². The Morgan fingerprint density at radius 3 is 2.13 bits per heavy atom. The lowest BCUT2D eigenvalue weighted by atomic mass is 10.2. The lowest BCUT2D eigenvalue weighted by Gasteiger charge is -2.36. The first kappa shape index (κ1) is 15.4. The normalized spacial score (nSPS) is 15.2. The predicted octanol–water partition coefficient (Wildman–Crippen LogP) is 3.67. The summed E-state index contributed by atoms with van der Waals surface area (Å²) in [6, 6.07) is 0. The predicted molar refractivity (Wildman–Crippen MR) is 71.9 cm³/mol. The molecule has 4 heteroatoms. The lowest BCUT2D eigenvalue weighted by molar-refractivity contribution is 0.310. The van der Waals surface area contributed by atoms with Gasteiger partial charge >= 0.3 is 0 Å². The van der Waals surface area contributed by atoms with E-state index < -0.39 is 8.32 Å². The summed E-state index contributed by atoms with van der Waals surface area (Å²) in [6.07, 6.45) is 0. The second-order valence-corrected chi connectivity index (χ2v) is 11.2. The van der Waals surface area contributed by atoms with Gasteiger partial charge in [-0.1, -0.05) is 36.7 Å². The SMILES string of the molecule is C/C(CO[Si](C)(C)C(C)(C)C)=C(/Br)CO. The molecule has 0 aliphatic rings. The van der Waals surface area contributed by atoms with Gasteiger partial charge in [-0.2, -0.15) is 0 Å². The maximum absolute atomic E-state index is 8.95. The first-order chi connectivity index (χ1) is 6.62. The van der Waals surface area contributed by atoms with Crippen molar-refractivity contribution in [2.75, 3.05) is 13.2 Å². The molecule has 2 nitrogen and oxygen atoms in total. The van der Waals surface area contributed by atoms with Crippen molar-refractivity contribution in [3.05, 3.63) is 10.1 Å². The number of rotatable bonds is 4. The van der Waals surface area contributed by atoms with E-state index in [1.807, 2.05) is 6.92 Å². The lowest BCUT2D eigenvalue weighted by Crippen LogP contribution is -2.41. The molecule has 1 N–H and O–H groups in total. The fourth-order valence-corrected chi connectivity index (χ4v) is 1.84. The van der Waals surface area contributed by atoms with Crippen LogP contribution >= 0.6 is 15.9 Å². The van der Waals surface area contributed by atoms with E-state index in [1.165, 1.54) is 0 Å². The molecule has 0 aromatic heterocycles. The van der Waals surface area contributed by atoms with Gasteiger partial charge in [0.1, 0.15) is 0 Å². The van der Waals surface area contributed by atoms with Gasteiger partial charge in [-0.25, -0.2) is 0 Å². The fourth-order valence-electron chi connectivity index (χ4n) is 0.718. The minimum absolute atomic E-state index is 0.0483. The van der Waals surface area contributed by atoms with E-state index in [9.17, 15) is 0 Å². The number of hydrogen-bond donors (Lipinski definition) is 1. The standard InChI is InChI=1S/C11H23BrO2Si/c1-9(10(12)7-13)8-14-15(5,6)11(2,3)4/h13H,7-8H2,1-6H3/b10-9-. The molecule has 15 heavy (non-hydrogen) atoms. The summed E-state index contributed by atoms with van der Waals surface area (Å²) < 4.78 is 6.85. The average Bonchev–Trinajstić information content (AvgIpc) is 2.11. The second kappa shape index (κ2) is 5.62. The van der Waals surface area contributed by atoms with Crippen molar-refractivity contribution < 1.29 is 9.53 Å². The molecule has 0 spiro atoms. The van der Waals surface area contributed by atoms with Crippen LogP contribution in [0.5, 0.6) is 0 Å². The van der Waals surface area contributed by atoms with Crippen LogP contribution in [0.2, 0.25) is 18.1 Å². The Morgan fingerprint density at radius 1 is 1.33 bits per heavy atom. The minimum atomic E-state index is -1.66. The van der Waals surface area contributed by atoms with Crippen LogP contribution in [0.15, 0.2) is 10.1 Å². The molecule has 0 heterocycles. The summed E-state index contributed by atoms with van der Waals surface area (Å²) in [6.45, 7) is 13.8. The smallest absolute Gasteiger partial charge is 0.192 e. The first-order valence-electron chi connectivity index (χ1n) is 5.21. The largest absolute Gasteiger partial charge is 0.413 e. The number of aliphatic hydroxyl groups is 1. The van der Waals surface area contributed by atoms with Crippen LogP contribution in [0.1, 0.15) is 27.7 Å². The van der Waals surface area contributed by atoms with E-state index in [2.05, 4.69) is 49.8 Å². The molecule has 0 aromatic carbocycles. The Hall–Kier alpha value is 0.357. The molecule has 0 saturated heterocycles. The third-order valence-corrected chi connectivity index (χ3v) is 8.46. The summed E-state index contributed by atoms with van der Waals surface area (Å²) in [5, 5.41) is 9.18. The Kier molecular flexibility index (Phi) is 5.75. The zero-order chi connectivity index (χ0) is 12.3. The molecular weight excluding hydrogens is 272 g/mol. The summed E-state index contributed by atoms with van der Waals surface area (Å²) in [4.78, 5) is 0. The minimum Gasteiger partial charge on any atom is -0.413 e. The van der Waals surface area contributed by atoms with Gasteiger partial charge in [0, 0.05) is 4.48 Å². The van der Waals surface area contributed by atoms with Crippen molar-refractivity contribution in [3.8, 4) is 0 Å². The number of halogens is 1. The highest BCUT2D eigenvalue weighted by Crippen LogP contribution is 2.36. The number of aliphatic hydroxyl groups excluding tert-OH is 1. The molecule has 0 radical (unpaired) electrons. The van der Waals surface area contributed by atoms with Crippen LogP contribution in [0.4, 0.5) is 0 Å². The molecule has 0 unspecified atom stereocenters. The monoisotopic (exact) mass is 294 g/mol. The van der Waals surface area contributed by atoms with Gasteiger partial charge < -0.3 is 9.53 Å². The van der Waals surface area contributed by atoms with Crippen LogP contribution in [0, 0.1) is 0 Å². The topological polar surface area (TPSA) is 29.5 Å². The molecular formula is C11H23BrO2Si. The molecule has 0 atom stereocenters. The molecule has 0 aromatic rings. The molecule has 90 valence electrons. The number of hydrogen-bond acceptors (Lipinski definition) is 2. The van der Waals surface area contributed by atoms with Crippen LogP contribution in [-0.2, 0) is 4.43 Å². The zero-order valence-electron chi connectivity index (χ0n) is 10.6. The molecule has 0 aliphatic heterocycles.